The lowest BCUT2D eigenvalue weighted by Crippen LogP contribution is -2.21. The van der Waals surface area contributed by atoms with Crippen molar-refractivity contribution in [1.82, 2.24) is 0 Å². The van der Waals surface area contributed by atoms with Crippen molar-refractivity contribution >= 4 is 5.97 Å². The first-order valence-electron chi connectivity index (χ1n) is 6.73. The Kier molecular flexibility index (Phi) is 2.63. The minimum Gasteiger partial charge on any atom is -0.458 e. The third kappa shape index (κ3) is 1.91. The molecule has 2 aliphatic heterocycles. The van der Waals surface area contributed by atoms with Gasteiger partial charge in [0.1, 0.15) is 6.10 Å². The third-order valence-corrected chi connectivity index (χ3v) is 4.61. The van der Waals surface area contributed by atoms with E-state index < -0.39 is 0 Å². The van der Waals surface area contributed by atoms with E-state index in [0.717, 1.165) is 25.7 Å². The van der Waals surface area contributed by atoms with Crippen LogP contribution in [-0.2, 0) is 14.3 Å². The van der Waals surface area contributed by atoms with Crippen LogP contribution in [0.3, 0.4) is 0 Å². The van der Waals surface area contributed by atoms with E-state index in [1.807, 2.05) is 0 Å². The maximum atomic E-state index is 11.6. The molecule has 3 heteroatoms. The van der Waals surface area contributed by atoms with Crippen molar-refractivity contribution in [3.63, 3.8) is 0 Å². The van der Waals surface area contributed by atoms with Gasteiger partial charge >= 0.3 is 5.97 Å². The van der Waals surface area contributed by atoms with E-state index in [9.17, 15) is 4.79 Å². The molecule has 3 aliphatic rings. The van der Waals surface area contributed by atoms with Gasteiger partial charge in [0, 0.05) is 17.9 Å². The maximum absolute atomic E-state index is 11.6. The third-order valence-electron chi connectivity index (χ3n) is 4.61. The van der Waals surface area contributed by atoms with E-state index in [0.29, 0.717) is 11.7 Å². The molecule has 98 valence electrons. The molecule has 0 aromatic carbocycles. The number of ether oxygens (including phenoxy) is 2. The summed E-state index contributed by atoms with van der Waals surface area (Å²) in [6.07, 6.45) is 6.31. The fourth-order valence-electron chi connectivity index (χ4n) is 3.17. The molecule has 0 aromatic rings. The quantitative estimate of drug-likeness (QED) is 0.286. The van der Waals surface area contributed by atoms with Crippen LogP contribution in [0.1, 0.15) is 39.5 Å². The zero-order valence-corrected chi connectivity index (χ0v) is 11.1. The van der Waals surface area contributed by atoms with E-state index in [1.165, 1.54) is 5.57 Å². The van der Waals surface area contributed by atoms with Crippen LogP contribution >= 0.6 is 0 Å². The second kappa shape index (κ2) is 3.95. The first kappa shape index (κ1) is 12.0. The van der Waals surface area contributed by atoms with E-state index in [1.54, 1.807) is 0 Å². The summed E-state index contributed by atoms with van der Waals surface area (Å²) in [5.41, 5.74) is 1.94. The molecule has 0 amide bonds. The van der Waals surface area contributed by atoms with Crippen molar-refractivity contribution in [2.24, 2.45) is 5.92 Å². The van der Waals surface area contributed by atoms with Gasteiger partial charge in [0.05, 0.1) is 11.7 Å². The Morgan fingerprint density at radius 2 is 2.28 bits per heavy atom. The lowest BCUT2D eigenvalue weighted by Gasteiger charge is -2.20. The zero-order valence-electron chi connectivity index (χ0n) is 11.1. The topological polar surface area (TPSA) is 38.8 Å². The molecular formula is C15H20O3. The van der Waals surface area contributed by atoms with Crippen LogP contribution < -0.4 is 0 Å². The Morgan fingerprint density at radius 3 is 3.06 bits per heavy atom. The molecule has 3 rings (SSSR count). The molecule has 3 nitrogen and oxygen atoms in total. The average molecular weight is 248 g/mol. The first-order valence-corrected chi connectivity index (χ1v) is 6.73. The van der Waals surface area contributed by atoms with Crippen LogP contribution in [-0.4, -0.2) is 23.8 Å². The van der Waals surface area contributed by atoms with Crippen LogP contribution in [0, 0.1) is 5.92 Å². The molecule has 4 unspecified atom stereocenters. The Bertz CT molecular complexity index is 437. The van der Waals surface area contributed by atoms with Crippen LogP contribution in [0.2, 0.25) is 0 Å². The Labute approximate surface area is 108 Å². The summed E-state index contributed by atoms with van der Waals surface area (Å²) < 4.78 is 11.2. The second-order valence-electron chi connectivity index (χ2n) is 6.02. The number of carbonyl (C=O) groups excluding carboxylic acids is 1. The Morgan fingerprint density at radius 1 is 1.50 bits per heavy atom. The Balaban J connectivity index is 1.84. The van der Waals surface area contributed by atoms with Gasteiger partial charge in [-0.05, 0) is 33.1 Å². The largest absolute Gasteiger partial charge is 0.458 e. The molecule has 0 spiro atoms. The predicted octanol–water partition coefficient (Wildman–Crippen LogP) is 2.76. The molecule has 18 heavy (non-hydrogen) atoms. The smallest absolute Gasteiger partial charge is 0.334 e. The molecule has 2 fully saturated rings. The van der Waals surface area contributed by atoms with Gasteiger partial charge in [-0.25, -0.2) is 4.79 Å². The van der Waals surface area contributed by atoms with Gasteiger partial charge < -0.3 is 9.47 Å². The van der Waals surface area contributed by atoms with Crippen molar-refractivity contribution in [2.45, 2.75) is 57.3 Å². The monoisotopic (exact) mass is 248 g/mol. The fraction of sp³-hybridized carbons (Fsp3) is 0.667. The molecule has 4 atom stereocenters. The normalized spacial score (nSPS) is 43.7. The van der Waals surface area contributed by atoms with Gasteiger partial charge in [0.2, 0.25) is 0 Å². The van der Waals surface area contributed by atoms with Crippen molar-refractivity contribution < 1.29 is 14.3 Å². The van der Waals surface area contributed by atoms with E-state index >= 15 is 0 Å². The molecule has 2 saturated heterocycles. The summed E-state index contributed by atoms with van der Waals surface area (Å²) in [6, 6.07) is 0. The SMILES string of the molecule is C=C1C(=O)OC2CC(C)=CCC3OC3(C)CCC12. The summed E-state index contributed by atoms with van der Waals surface area (Å²) in [4.78, 5) is 11.6. The van der Waals surface area contributed by atoms with E-state index in [4.69, 9.17) is 9.47 Å². The predicted molar refractivity (Wildman–Crippen MR) is 68.0 cm³/mol. The number of esters is 1. The number of hydrogen-bond acceptors (Lipinski definition) is 3. The lowest BCUT2D eigenvalue weighted by molar-refractivity contribution is -0.139. The number of hydrogen-bond donors (Lipinski definition) is 0. The maximum Gasteiger partial charge on any atom is 0.334 e. The van der Waals surface area contributed by atoms with Crippen molar-refractivity contribution in [3.05, 3.63) is 23.8 Å². The van der Waals surface area contributed by atoms with Gasteiger partial charge in [-0.15, -0.1) is 0 Å². The van der Waals surface area contributed by atoms with Crippen LogP contribution in [0.25, 0.3) is 0 Å². The highest BCUT2D eigenvalue weighted by molar-refractivity contribution is 5.90. The van der Waals surface area contributed by atoms with E-state index in [-0.39, 0.29) is 23.6 Å². The van der Waals surface area contributed by atoms with Gasteiger partial charge in [0.25, 0.3) is 0 Å². The first-order chi connectivity index (χ1) is 8.49. The van der Waals surface area contributed by atoms with E-state index in [2.05, 4.69) is 26.5 Å². The highest BCUT2D eigenvalue weighted by Crippen LogP contribution is 2.46. The molecule has 0 bridgehead atoms. The summed E-state index contributed by atoms with van der Waals surface area (Å²) >= 11 is 0. The van der Waals surface area contributed by atoms with Crippen LogP contribution in [0.5, 0.6) is 0 Å². The van der Waals surface area contributed by atoms with Gasteiger partial charge in [0.15, 0.2) is 0 Å². The lowest BCUT2D eigenvalue weighted by atomic mass is 9.84. The minimum absolute atomic E-state index is 0.00455. The molecule has 0 radical (unpaired) electrons. The molecule has 0 saturated carbocycles. The van der Waals surface area contributed by atoms with Crippen molar-refractivity contribution in [2.75, 3.05) is 0 Å². The number of fused-ring (bicyclic) bond motifs is 2. The second-order valence-corrected chi connectivity index (χ2v) is 6.02. The summed E-state index contributed by atoms with van der Waals surface area (Å²) in [5, 5.41) is 0. The van der Waals surface area contributed by atoms with Crippen LogP contribution in [0.4, 0.5) is 0 Å². The zero-order chi connectivity index (χ0) is 12.9. The van der Waals surface area contributed by atoms with Crippen molar-refractivity contribution in [1.29, 1.82) is 0 Å². The molecule has 1 aliphatic carbocycles. The van der Waals surface area contributed by atoms with Crippen molar-refractivity contribution in [3.8, 4) is 0 Å². The fourth-order valence-corrected chi connectivity index (χ4v) is 3.17. The number of rotatable bonds is 0. The highest BCUT2D eigenvalue weighted by Gasteiger charge is 2.52. The number of carbonyl (C=O) groups is 1. The highest BCUT2D eigenvalue weighted by atomic mass is 16.6. The molecule has 0 aromatic heterocycles. The summed E-state index contributed by atoms with van der Waals surface area (Å²) in [5.74, 6) is -0.0453. The minimum atomic E-state index is -0.213. The van der Waals surface area contributed by atoms with Gasteiger partial charge in [-0.1, -0.05) is 18.2 Å². The summed E-state index contributed by atoms with van der Waals surface area (Å²) in [7, 11) is 0. The number of epoxide rings is 1. The molecule has 2 heterocycles. The van der Waals surface area contributed by atoms with Crippen LogP contribution in [0.15, 0.2) is 23.8 Å². The average Bonchev–Trinajstić information content (AvgIpc) is 2.89. The Hall–Kier alpha value is -1.09. The summed E-state index contributed by atoms with van der Waals surface area (Å²) in [6.45, 7) is 8.17. The molecular weight excluding hydrogens is 228 g/mol. The molecule has 0 N–H and O–H groups in total. The van der Waals surface area contributed by atoms with Gasteiger partial charge in [-0.3, -0.25) is 0 Å². The standard InChI is InChI=1S/C15H20O3/c1-9-4-5-13-15(3,18-13)7-6-11-10(2)14(16)17-12(11)8-9/h4,11-13H,2,5-8H2,1,3H3. The van der Waals surface area contributed by atoms with Gasteiger partial charge in [-0.2, -0.15) is 0 Å².